The molecule has 0 aliphatic rings. The molecule has 3 rings (SSSR count). The molecule has 19 heavy (non-hydrogen) atoms. The third-order valence-electron chi connectivity index (χ3n) is 2.84. The Morgan fingerprint density at radius 3 is 2.79 bits per heavy atom. The van der Waals surface area contributed by atoms with Crippen LogP contribution in [0.1, 0.15) is 0 Å². The van der Waals surface area contributed by atoms with Crippen molar-refractivity contribution in [2.24, 2.45) is 0 Å². The van der Waals surface area contributed by atoms with Crippen LogP contribution in [0, 0.1) is 0 Å². The van der Waals surface area contributed by atoms with E-state index in [1.165, 1.54) is 0 Å². The zero-order valence-corrected chi connectivity index (χ0v) is 10.6. The van der Waals surface area contributed by atoms with E-state index in [0.717, 1.165) is 5.82 Å². The van der Waals surface area contributed by atoms with Gasteiger partial charge in [0.2, 0.25) is 11.6 Å². The number of hydrogen-bond donors (Lipinski definition) is 1. The van der Waals surface area contributed by atoms with E-state index < -0.39 is 0 Å². The van der Waals surface area contributed by atoms with Gasteiger partial charge in [0, 0.05) is 32.7 Å². The fraction of sp³-hybridized carbons (Fsp3) is 0.167. The summed E-state index contributed by atoms with van der Waals surface area (Å²) in [6.45, 7) is 0. The maximum absolute atomic E-state index is 4.37. The smallest absolute Gasteiger partial charge is 0.228 e. The standard InChI is InChI=1S/C12H13N7/c1-13-12-17-16-11-10(15-7-8-19(11)12)18(2)9-5-3-4-6-14-9/h3-8H,1-2H3,(H,13,17). The SMILES string of the molecule is CNc1nnc2c(N(C)c3ccccn3)nccn12. The summed E-state index contributed by atoms with van der Waals surface area (Å²) in [7, 11) is 3.71. The quantitative estimate of drug-likeness (QED) is 0.761. The molecule has 0 saturated carbocycles. The highest BCUT2D eigenvalue weighted by Crippen LogP contribution is 2.23. The zero-order chi connectivity index (χ0) is 13.2. The first-order chi connectivity index (χ1) is 9.31. The second-order valence-corrected chi connectivity index (χ2v) is 3.97. The van der Waals surface area contributed by atoms with Gasteiger partial charge in [0.15, 0.2) is 5.82 Å². The average Bonchev–Trinajstić information content (AvgIpc) is 2.90. The van der Waals surface area contributed by atoms with Crippen molar-refractivity contribution in [3.05, 3.63) is 36.8 Å². The molecule has 0 bridgehead atoms. The van der Waals surface area contributed by atoms with Gasteiger partial charge in [-0.25, -0.2) is 9.97 Å². The molecule has 3 aromatic heterocycles. The van der Waals surface area contributed by atoms with E-state index in [0.29, 0.717) is 17.4 Å². The maximum atomic E-state index is 4.37. The topological polar surface area (TPSA) is 71.2 Å². The van der Waals surface area contributed by atoms with Gasteiger partial charge in [0.05, 0.1) is 0 Å². The highest BCUT2D eigenvalue weighted by molar-refractivity contribution is 5.70. The van der Waals surface area contributed by atoms with E-state index in [9.17, 15) is 0 Å². The van der Waals surface area contributed by atoms with Crippen LogP contribution in [0.4, 0.5) is 17.6 Å². The molecule has 96 valence electrons. The number of aromatic nitrogens is 5. The van der Waals surface area contributed by atoms with E-state index in [1.54, 1.807) is 19.4 Å². The average molecular weight is 255 g/mol. The minimum absolute atomic E-state index is 0.674. The number of rotatable bonds is 3. The van der Waals surface area contributed by atoms with Crippen LogP contribution in [0.5, 0.6) is 0 Å². The van der Waals surface area contributed by atoms with Gasteiger partial charge in [-0.2, -0.15) is 0 Å². The molecule has 0 atom stereocenters. The van der Waals surface area contributed by atoms with E-state index in [2.05, 4.69) is 25.5 Å². The third-order valence-corrected chi connectivity index (χ3v) is 2.84. The molecule has 0 radical (unpaired) electrons. The van der Waals surface area contributed by atoms with Crippen LogP contribution >= 0.6 is 0 Å². The van der Waals surface area contributed by atoms with E-state index >= 15 is 0 Å². The normalized spacial score (nSPS) is 10.6. The van der Waals surface area contributed by atoms with Gasteiger partial charge in [-0.05, 0) is 12.1 Å². The van der Waals surface area contributed by atoms with Gasteiger partial charge in [-0.1, -0.05) is 6.07 Å². The molecule has 0 aliphatic carbocycles. The molecule has 0 spiro atoms. The van der Waals surface area contributed by atoms with Crippen LogP contribution in [-0.4, -0.2) is 38.7 Å². The summed E-state index contributed by atoms with van der Waals surface area (Å²) in [6.07, 6.45) is 5.28. The highest BCUT2D eigenvalue weighted by Gasteiger charge is 2.14. The first kappa shape index (κ1) is 11.4. The monoisotopic (exact) mass is 255 g/mol. The Bertz CT molecular complexity index is 692. The summed E-state index contributed by atoms with van der Waals surface area (Å²) in [5.74, 6) is 2.18. The first-order valence-corrected chi connectivity index (χ1v) is 5.83. The lowest BCUT2D eigenvalue weighted by Gasteiger charge is -2.16. The highest BCUT2D eigenvalue weighted by atomic mass is 15.3. The van der Waals surface area contributed by atoms with Crippen molar-refractivity contribution in [2.45, 2.75) is 0 Å². The van der Waals surface area contributed by atoms with Gasteiger partial charge in [-0.15, -0.1) is 10.2 Å². The van der Waals surface area contributed by atoms with Crippen LogP contribution in [-0.2, 0) is 0 Å². The number of nitrogens with zero attached hydrogens (tertiary/aromatic N) is 6. The number of nitrogens with one attached hydrogen (secondary N) is 1. The molecule has 0 unspecified atom stereocenters. The van der Waals surface area contributed by atoms with Crippen molar-refractivity contribution in [3.63, 3.8) is 0 Å². The van der Waals surface area contributed by atoms with Crippen LogP contribution in [0.25, 0.3) is 5.65 Å². The van der Waals surface area contributed by atoms with Crippen LogP contribution in [0.2, 0.25) is 0 Å². The van der Waals surface area contributed by atoms with Crippen molar-refractivity contribution < 1.29 is 0 Å². The maximum Gasteiger partial charge on any atom is 0.228 e. The fourth-order valence-electron chi connectivity index (χ4n) is 1.88. The molecule has 0 amide bonds. The lowest BCUT2D eigenvalue weighted by atomic mass is 10.4. The van der Waals surface area contributed by atoms with E-state index in [4.69, 9.17) is 0 Å². The number of anilines is 3. The van der Waals surface area contributed by atoms with Crippen LogP contribution in [0.15, 0.2) is 36.8 Å². The van der Waals surface area contributed by atoms with Crippen molar-refractivity contribution in [3.8, 4) is 0 Å². The van der Waals surface area contributed by atoms with Crippen molar-refractivity contribution in [2.75, 3.05) is 24.3 Å². The number of pyridine rings is 1. The summed E-state index contributed by atoms with van der Waals surface area (Å²) in [5, 5.41) is 11.2. The fourth-order valence-corrected chi connectivity index (χ4v) is 1.88. The minimum atomic E-state index is 0.674. The Kier molecular flexibility index (Phi) is 2.71. The molecule has 7 heteroatoms. The largest absolute Gasteiger partial charge is 0.357 e. The van der Waals surface area contributed by atoms with Crippen molar-refractivity contribution >= 4 is 23.2 Å². The summed E-state index contributed by atoms with van der Waals surface area (Å²) in [4.78, 5) is 10.5. The molecular formula is C12H13N7. The molecule has 3 heterocycles. The van der Waals surface area contributed by atoms with Crippen molar-refractivity contribution in [1.82, 2.24) is 24.6 Å². The van der Waals surface area contributed by atoms with Crippen LogP contribution < -0.4 is 10.2 Å². The van der Waals surface area contributed by atoms with Gasteiger partial charge < -0.3 is 10.2 Å². The summed E-state index contributed by atoms with van der Waals surface area (Å²) < 4.78 is 1.85. The van der Waals surface area contributed by atoms with Gasteiger partial charge in [0.1, 0.15) is 5.82 Å². The van der Waals surface area contributed by atoms with E-state index in [1.807, 2.05) is 40.7 Å². The minimum Gasteiger partial charge on any atom is -0.357 e. The number of hydrogen-bond acceptors (Lipinski definition) is 6. The van der Waals surface area contributed by atoms with Gasteiger partial charge in [0.25, 0.3) is 0 Å². The Hall–Kier alpha value is -2.70. The third kappa shape index (κ3) is 1.85. The second kappa shape index (κ2) is 4.52. The predicted molar refractivity (Wildman–Crippen MR) is 72.6 cm³/mol. The Balaban J connectivity index is 2.13. The molecule has 0 aromatic carbocycles. The van der Waals surface area contributed by atoms with E-state index in [-0.39, 0.29) is 0 Å². The Morgan fingerprint density at radius 2 is 2.05 bits per heavy atom. The molecule has 7 nitrogen and oxygen atoms in total. The number of fused-ring (bicyclic) bond motifs is 1. The molecule has 0 aliphatic heterocycles. The summed E-state index contributed by atoms with van der Waals surface area (Å²) in [5.41, 5.74) is 0.681. The zero-order valence-electron chi connectivity index (χ0n) is 10.6. The molecule has 0 saturated heterocycles. The summed E-state index contributed by atoms with van der Waals surface area (Å²) >= 11 is 0. The Labute approximate surface area is 109 Å². The predicted octanol–water partition coefficient (Wildman–Crippen LogP) is 1.33. The first-order valence-electron chi connectivity index (χ1n) is 5.83. The lowest BCUT2D eigenvalue weighted by molar-refractivity contribution is 1.04. The lowest BCUT2D eigenvalue weighted by Crippen LogP contribution is -2.14. The van der Waals surface area contributed by atoms with Crippen LogP contribution in [0.3, 0.4) is 0 Å². The van der Waals surface area contributed by atoms with Crippen molar-refractivity contribution in [1.29, 1.82) is 0 Å². The molecular weight excluding hydrogens is 242 g/mol. The summed E-state index contributed by atoms with van der Waals surface area (Å²) in [6, 6.07) is 5.73. The van der Waals surface area contributed by atoms with Gasteiger partial charge >= 0.3 is 0 Å². The molecule has 1 N–H and O–H groups in total. The Morgan fingerprint density at radius 1 is 1.16 bits per heavy atom. The molecule has 0 fully saturated rings. The second-order valence-electron chi connectivity index (χ2n) is 3.97. The van der Waals surface area contributed by atoms with Gasteiger partial charge in [-0.3, -0.25) is 4.40 Å². The molecule has 3 aromatic rings.